The van der Waals surface area contributed by atoms with Crippen LogP contribution in [0.1, 0.15) is 18.9 Å². The summed E-state index contributed by atoms with van der Waals surface area (Å²) in [7, 11) is 0. The highest BCUT2D eigenvalue weighted by atomic mass is 127. The molecule has 1 amide bonds. The molecule has 0 saturated heterocycles. The average Bonchev–Trinajstić information content (AvgIpc) is 2.75. The summed E-state index contributed by atoms with van der Waals surface area (Å²) in [5.41, 5.74) is 2.01. The molecule has 3 N–H and O–H groups in total. The van der Waals surface area contributed by atoms with E-state index < -0.39 is 0 Å². The molecule has 0 aromatic heterocycles. The van der Waals surface area contributed by atoms with Crippen LogP contribution < -0.4 is 20.7 Å². The molecule has 6 nitrogen and oxygen atoms in total. The summed E-state index contributed by atoms with van der Waals surface area (Å²) >= 11 is 1.82. The van der Waals surface area contributed by atoms with Crippen molar-refractivity contribution in [2.24, 2.45) is 4.99 Å². The van der Waals surface area contributed by atoms with Gasteiger partial charge in [-0.05, 0) is 49.2 Å². The number of benzene rings is 2. The fourth-order valence-corrected chi connectivity index (χ4v) is 3.76. The molecular weight excluding hydrogens is 511 g/mol. The largest absolute Gasteiger partial charge is 0.492 e. The third-order valence-electron chi connectivity index (χ3n) is 4.35. The van der Waals surface area contributed by atoms with Gasteiger partial charge >= 0.3 is 0 Å². The summed E-state index contributed by atoms with van der Waals surface area (Å²) in [5.74, 6) is 2.66. The summed E-state index contributed by atoms with van der Waals surface area (Å²) < 4.78 is 5.83. The lowest BCUT2D eigenvalue weighted by molar-refractivity contribution is -0.116. The van der Waals surface area contributed by atoms with Gasteiger partial charge in [-0.3, -0.25) is 4.79 Å². The predicted octanol–water partition coefficient (Wildman–Crippen LogP) is 3.92. The van der Waals surface area contributed by atoms with E-state index in [1.165, 1.54) is 4.90 Å². The SMILES string of the molecule is CCNC(=NCCOc1ccc2c(c1)CCC(=O)N2)NCCSc1ccccc1.I. The number of aliphatic imine (C=N–C) groups is 1. The Balaban J connectivity index is 0.00000320. The van der Waals surface area contributed by atoms with E-state index in [4.69, 9.17) is 4.74 Å². The summed E-state index contributed by atoms with van der Waals surface area (Å²) in [5, 5.41) is 9.50. The number of rotatable bonds is 9. The number of ether oxygens (including phenoxy) is 1. The van der Waals surface area contributed by atoms with Gasteiger partial charge in [0.2, 0.25) is 5.91 Å². The van der Waals surface area contributed by atoms with E-state index in [9.17, 15) is 4.79 Å². The van der Waals surface area contributed by atoms with E-state index in [0.717, 1.165) is 48.2 Å². The number of nitrogens with one attached hydrogen (secondary N) is 3. The first-order chi connectivity index (χ1) is 14.2. The van der Waals surface area contributed by atoms with Gasteiger partial charge < -0.3 is 20.7 Å². The lowest BCUT2D eigenvalue weighted by Crippen LogP contribution is -2.38. The Labute approximate surface area is 199 Å². The molecule has 0 bridgehead atoms. The van der Waals surface area contributed by atoms with E-state index in [-0.39, 0.29) is 29.9 Å². The third kappa shape index (κ3) is 8.06. The molecule has 0 saturated carbocycles. The number of carbonyl (C=O) groups excluding carboxylic acids is 1. The zero-order valence-corrected chi connectivity index (χ0v) is 20.3. The molecule has 1 heterocycles. The number of guanidine groups is 1. The molecule has 162 valence electrons. The van der Waals surface area contributed by atoms with Crippen LogP contribution in [0.2, 0.25) is 0 Å². The molecule has 3 rings (SSSR count). The van der Waals surface area contributed by atoms with Crippen LogP contribution in [0.4, 0.5) is 5.69 Å². The molecule has 2 aromatic rings. The second-order valence-corrected chi connectivity index (χ2v) is 7.73. The van der Waals surface area contributed by atoms with Crippen molar-refractivity contribution in [1.29, 1.82) is 0 Å². The number of amides is 1. The Kier molecular flexibility index (Phi) is 10.9. The topological polar surface area (TPSA) is 74.8 Å². The second-order valence-electron chi connectivity index (χ2n) is 6.56. The van der Waals surface area contributed by atoms with Gasteiger partial charge in [-0.25, -0.2) is 4.99 Å². The van der Waals surface area contributed by atoms with E-state index in [1.54, 1.807) is 0 Å². The minimum atomic E-state index is 0. The van der Waals surface area contributed by atoms with Crippen molar-refractivity contribution in [2.45, 2.75) is 24.7 Å². The van der Waals surface area contributed by atoms with Crippen LogP contribution in [-0.2, 0) is 11.2 Å². The summed E-state index contributed by atoms with van der Waals surface area (Å²) in [4.78, 5) is 17.3. The van der Waals surface area contributed by atoms with Crippen molar-refractivity contribution in [3.05, 3.63) is 54.1 Å². The Hall–Kier alpha value is -1.94. The smallest absolute Gasteiger partial charge is 0.224 e. The molecule has 0 spiro atoms. The number of hydrogen-bond acceptors (Lipinski definition) is 4. The van der Waals surface area contributed by atoms with Gasteiger partial charge in [-0.2, -0.15) is 0 Å². The standard InChI is InChI=1S/C22H28N4O2S.HI/c1-2-23-22(25-13-15-29-19-6-4-3-5-7-19)24-12-14-28-18-9-10-20-17(16-18)8-11-21(27)26-20;/h3-7,9-10,16H,2,8,11-15H2,1H3,(H,26,27)(H2,23,24,25);1H. The zero-order chi connectivity index (χ0) is 20.3. The quantitative estimate of drug-likeness (QED) is 0.148. The van der Waals surface area contributed by atoms with Crippen LogP contribution in [-0.4, -0.2) is 43.9 Å². The van der Waals surface area contributed by atoms with Crippen molar-refractivity contribution in [3.63, 3.8) is 0 Å². The number of anilines is 1. The van der Waals surface area contributed by atoms with Crippen LogP contribution in [0.15, 0.2) is 58.4 Å². The van der Waals surface area contributed by atoms with E-state index in [0.29, 0.717) is 19.6 Å². The van der Waals surface area contributed by atoms with Gasteiger partial charge in [0, 0.05) is 35.8 Å². The minimum Gasteiger partial charge on any atom is -0.492 e. The Morgan fingerprint density at radius 3 is 2.80 bits per heavy atom. The van der Waals surface area contributed by atoms with Crippen LogP contribution in [0, 0.1) is 0 Å². The first-order valence-corrected chi connectivity index (χ1v) is 11.0. The second kappa shape index (κ2) is 13.4. The van der Waals surface area contributed by atoms with Gasteiger partial charge in [0.05, 0.1) is 6.54 Å². The molecule has 1 aliphatic heterocycles. The lowest BCUT2D eigenvalue weighted by atomic mass is 10.0. The molecule has 0 radical (unpaired) electrons. The summed E-state index contributed by atoms with van der Waals surface area (Å²) in [6.07, 6.45) is 1.28. The Morgan fingerprint density at radius 2 is 2.00 bits per heavy atom. The zero-order valence-electron chi connectivity index (χ0n) is 17.1. The maximum atomic E-state index is 11.4. The molecule has 0 aliphatic carbocycles. The van der Waals surface area contributed by atoms with Crippen molar-refractivity contribution in [2.75, 3.05) is 37.3 Å². The summed E-state index contributed by atoms with van der Waals surface area (Å²) in [6, 6.07) is 16.2. The summed E-state index contributed by atoms with van der Waals surface area (Å²) in [6.45, 7) is 4.77. The fourth-order valence-electron chi connectivity index (χ4n) is 2.97. The number of thioether (sulfide) groups is 1. The van der Waals surface area contributed by atoms with E-state index in [1.807, 2.05) is 36.0 Å². The highest BCUT2D eigenvalue weighted by Gasteiger charge is 2.14. The molecule has 2 aromatic carbocycles. The average molecular weight is 540 g/mol. The minimum absolute atomic E-state index is 0. The van der Waals surface area contributed by atoms with Crippen LogP contribution in [0.3, 0.4) is 0 Å². The molecule has 30 heavy (non-hydrogen) atoms. The van der Waals surface area contributed by atoms with Crippen molar-refractivity contribution in [3.8, 4) is 5.75 Å². The lowest BCUT2D eigenvalue weighted by Gasteiger charge is -2.17. The van der Waals surface area contributed by atoms with Gasteiger partial charge in [-0.15, -0.1) is 35.7 Å². The third-order valence-corrected chi connectivity index (χ3v) is 5.37. The molecule has 0 unspecified atom stereocenters. The van der Waals surface area contributed by atoms with E-state index in [2.05, 4.69) is 52.1 Å². The molecule has 8 heteroatoms. The van der Waals surface area contributed by atoms with Crippen molar-refractivity contribution >= 4 is 53.3 Å². The normalized spacial score (nSPS) is 13.0. The van der Waals surface area contributed by atoms with Gasteiger partial charge in [0.15, 0.2) is 5.96 Å². The van der Waals surface area contributed by atoms with E-state index >= 15 is 0 Å². The van der Waals surface area contributed by atoms with Crippen molar-refractivity contribution < 1.29 is 9.53 Å². The molecule has 0 atom stereocenters. The monoisotopic (exact) mass is 540 g/mol. The van der Waals surface area contributed by atoms with Gasteiger partial charge in [0.1, 0.15) is 12.4 Å². The molecular formula is C22H29IN4O2S. The highest BCUT2D eigenvalue weighted by Crippen LogP contribution is 2.26. The predicted molar refractivity (Wildman–Crippen MR) is 135 cm³/mol. The maximum Gasteiger partial charge on any atom is 0.224 e. The number of fused-ring (bicyclic) bond motifs is 1. The first kappa shape index (κ1) is 24.3. The number of carbonyl (C=O) groups is 1. The number of hydrogen-bond donors (Lipinski definition) is 3. The maximum absolute atomic E-state index is 11.4. The number of halogens is 1. The van der Waals surface area contributed by atoms with Gasteiger partial charge in [-0.1, -0.05) is 18.2 Å². The van der Waals surface area contributed by atoms with Gasteiger partial charge in [0.25, 0.3) is 0 Å². The highest BCUT2D eigenvalue weighted by molar-refractivity contribution is 14.0. The number of nitrogens with zero attached hydrogens (tertiary/aromatic N) is 1. The fraction of sp³-hybridized carbons (Fsp3) is 0.364. The Bertz CT molecular complexity index is 833. The van der Waals surface area contributed by atoms with Crippen molar-refractivity contribution in [1.82, 2.24) is 10.6 Å². The number of aryl methyl sites for hydroxylation is 1. The van der Waals surface area contributed by atoms with Crippen LogP contribution >= 0.6 is 35.7 Å². The first-order valence-electron chi connectivity index (χ1n) is 10.00. The van der Waals surface area contributed by atoms with Crippen LogP contribution in [0.5, 0.6) is 5.75 Å². The molecule has 1 aliphatic rings. The Morgan fingerprint density at radius 1 is 1.17 bits per heavy atom. The molecule has 0 fully saturated rings. The van der Waals surface area contributed by atoms with Crippen LogP contribution in [0.25, 0.3) is 0 Å².